The summed E-state index contributed by atoms with van der Waals surface area (Å²) < 4.78 is 46.2. The molecule has 0 fully saturated rings. The van der Waals surface area contributed by atoms with Crippen LogP contribution in [0.2, 0.25) is 5.02 Å². The summed E-state index contributed by atoms with van der Waals surface area (Å²) in [7, 11) is 0. The van der Waals surface area contributed by atoms with E-state index >= 15 is 0 Å². The molecule has 3 aromatic rings. The summed E-state index contributed by atoms with van der Waals surface area (Å²) in [5.41, 5.74) is 1.38. The van der Waals surface area contributed by atoms with Gasteiger partial charge in [0.05, 0.1) is 23.6 Å². The van der Waals surface area contributed by atoms with Crippen LogP contribution in [-0.2, 0) is 23.9 Å². The number of hydrogen-bond donors (Lipinski definition) is 1. The van der Waals surface area contributed by atoms with Gasteiger partial charge in [-0.25, -0.2) is 0 Å². The summed E-state index contributed by atoms with van der Waals surface area (Å²) in [5.74, 6) is -0.153. The zero-order chi connectivity index (χ0) is 27.0. The van der Waals surface area contributed by atoms with Gasteiger partial charge in [-0.2, -0.15) is 13.2 Å². The highest BCUT2D eigenvalue weighted by atomic mass is 35.5. The van der Waals surface area contributed by atoms with Gasteiger partial charge in [0.25, 0.3) is 0 Å². The zero-order valence-electron chi connectivity index (χ0n) is 21.2. The number of carbonyl (C=O) groups is 1. The summed E-state index contributed by atoms with van der Waals surface area (Å²) in [6.45, 7) is 5.91. The third-order valence-corrected chi connectivity index (χ3v) is 6.48. The fourth-order valence-electron chi connectivity index (χ4n) is 4.29. The molecule has 4 nitrogen and oxygen atoms in total. The van der Waals surface area contributed by atoms with Crippen LogP contribution >= 0.6 is 24.0 Å². The van der Waals surface area contributed by atoms with Gasteiger partial charge in [-0.15, -0.1) is 12.4 Å². The second-order valence-electron chi connectivity index (χ2n) is 9.42. The molecule has 0 saturated carbocycles. The molecule has 0 amide bonds. The van der Waals surface area contributed by atoms with Crippen LogP contribution in [0.25, 0.3) is 0 Å². The molecule has 0 aromatic heterocycles. The van der Waals surface area contributed by atoms with Gasteiger partial charge in [0.2, 0.25) is 0 Å². The molecule has 0 bridgehead atoms. The Labute approximate surface area is 232 Å². The lowest BCUT2D eigenvalue weighted by Gasteiger charge is -2.29. The molecule has 38 heavy (non-hydrogen) atoms. The number of alkyl halides is 3. The lowest BCUT2D eigenvalue weighted by Crippen LogP contribution is -2.33. The van der Waals surface area contributed by atoms with E-state index in [4.69, 9.17) is 21.4 Å². The highest BCUT2D eigenvalue weighted by molar-refractivity contribution is 6.32. The first-order valence-corrected chi connectivity index (χ1v) is 12.5. The number of hydrogen-bond acceptors (Lipinski definition) is 3. The Bertz CT molecular complexity index is 1180. The number of benzene rings is 3. The van der Waals surface area contributed by atoms with E-state index < -0.39 is 17.7 Å². The normalized spacial score (nSPS) is 13.0. The van der Waals surface area contributed by atoms with Crippen molar-refractivity contribution in [1.29, 1.82) is 0 Å². The lowest BCUT2D eigenvalue weighted by atomic mass is 9.99. The molecule has 0 saturated heterocycles. The minimum absolute atomic E-state index is 0. The number of carboxylic acids is 1. The van der Waals surface area contributed by atoms with Gasteiger partial charge >= 0.3 is 12.1 Å². The Kier molecular flexibility index (Phi) is 11.9. The lowest BCUT2D eigenvalue weighted by molar-refractivity contribution is -0.138. The Balaban J connectivity index is 0.00000507. The van der Waals surface area contributed by atoms with Crippen molar-refractivity contribution >= 4 is 30.0 Å². The van der Waals surface area contributed by atoms with Crippen molar-refractivity contribution in [3.63, 3.8) is 0 Å². The highest BCUT2D eigenvalue weighted by Crippen LogP contribution is 2.36. The van der Waals surface area contributed by atoms with Crippen LogP contribution in [0.5, 0.6) is 5.75 Å². The molecule has 0 aliphatic carbocycles. The largest absolute Gasteiger partial charge is 0.493 e. The Morgan fingerprint density at radius 2 is 1.68 bits per heavy atom. The first kappa shape index (κ1) is 31.5. The van der Waals surface area contributed by atoms with Crippen LogP contribution in [-0.4, -0.2) is 35.7 Å². The minimum atomic E-state index is -4.52. The molecule has 3 aromatic carbocycles. The topological polar surface area (TPSA) is 49.8 Å². The quantitative estimate of drug-likeness (QED) is 0.242. The number of ether oxygens (including phenoxy) is 1. The van der Waals surface area contributed by atoms with Crippen molar-refractivity contribution in [3.05, 3.63) is 100 Å². The molecule has 0 unspecified atom stereocenters. The third kappa shape index (κ3) is 9.53. The molecule has 9 heteroatoms. The maximum Gasteiger partial charge on any atom is 0.417 e. The SMILES string of the molecule is C[C@@H](COc1cccc(CC(=O)O)c1)CN(Cc1cccc(C(F)(F)F)c1Cl)C[C@@H](C)c1ccccc1.Cl. The summed E-state index contributed by atoms with van der Waals surface area (Å²) >= 11 is 6.21. The third-order valence-electron chi connectivity index (χ3n) is 6.04. The minimum Gasteiger partial charge on any atom is -0.493 e. The van der Waals surface area contributed by atoms with Gasteiger partial charge in [-0.3, -0.25) is 9.69 Å². The van der Waals surface area contributed by atoms with Crippen LogP contribution in [0.15, 0.2) is 72.8 Å². The summed E-state index contributed by atoms with van der Waals surface area (Å²) in [4.78, 5) is 13.1. The predicted molar refractivity (Wildman–Crippen MR) is 146 cm³/mol. The monoisotopic (exact) mass is 569 g/mol. The van der Waals surface area contributed by atoms with E-state index in [0.717, 1.165) is 11.6 Å². The second kappa shape index (κ2) is 14.4. The molecule has 3 rings (SSSR count). The van der Waals surface area contributed by atoms with Crippen LogP contribution in [0.4, 0.5) is 13.2 Å². The van der Waals surface area contributed by atoms with Gasteiger partial charge < -0.3 is 9.84 Å². The second-order valence-corrected chi connectivity index (χ2v) is 9.79. The van der Waals surface area contributed by atoms with Crippen molar-refractivity contribution in [3.8, 4) is 5.75 Å². The van der Waals surface area contributed by atoms with Crippen molar-refractivity contribution in [2.24, 2.45) is 5.92 Å². The molecular weight excluding hydrogens is 538 g/mol. The van der Waals surface area contributed by atoms with E-state index in [1.165, 1.54) is 6.07 Å². The van der Waals surface area contributed by atoms with Crippen LogP contribution in [0, 0.1) is 5.92 Å². The zero-order valence-corrected chi connectivity index (χ0v) is 22.8. The van der Waals surface area contributed by atoms with Crippen LogP contribution < -0.4 is 4.74 Å². The van der Waals surface area contributed by atoms with Gasteiger partial charge in [0.15, 0.2) is 0 Å². The molecule has 0 heterocycles. The Morgan fingerprint density at radius 1 is 1.00 bits per heavy atom. The number of nitrogens with zero attached hydrogens (tertiary/aromatic N) is 1. The van der Waals surface area contributed by atoms with Gasteiger partial charge in [0.1, 0.15) is 5.75 Å². The van der Waals surface area contributed by atoms with Crippen molar-refractivity contribution in [2.45, 2.75) is 38.9 Å². The molecule has 0 radical (unpaired) electrons. The van der Waals surface area contributed by atoms with Crippen LogP contribution in [0.1, 0.15) is 42.0 Å². The Hall–Kier alpha value is -2.74. The van der Waals surface area contributed by atoms with Gasteiger partial charge in [-0.05, 0) is 40.8 Å². The number of aliphatic carboxylic acids is 1. The van der Waals surface area contributed by atoms with E-state index in [2.05, 4.69) is 11.8 Å². The number of rotatable bonds is 12. The molecule has 1 N–H and O–H groups in total. The van der Waals surface area contributed by atoms with E-state index in [9.17, 15) is 18.0 Å². The average Bonchev–Trinajstić information content (AvgIpc) is 2.83. The maximum absolute atomic E-state index is 13.4. The Morgan fingerprint density at radius 3 is 2.34 bits per heavy atom. The number of halogens is 5. The van der Waals surface area contributed by atoms with Crippen molar-refractivity contribution in [2.75, 3.05) is 19.7 Å². The number of carboxylic acid groups (broad SMARTS) is 1. The first-order valence-electron chi connectivity index (χ1n) is 12.1. The average molecular weight is 570 g/mol. The standard InChI is InChI=1S/C29H31ClF3NO3.ClH/c1-20(19-37-25-12-6-8-22(14-25)15-27(35)36)16-34(17-21(2)23-9-4-3-5-10-23)18-24-11-7-13-26(28(24)30)29(31,32)33;/h3-14,20-21H,15-19H2,1-2H3,(H,35,36);1H/t20-,21-;/m1./s1. The van der Waals surface area contributed by atoms with E-state index in [-0.39, 0.29) is 42.2 Å². The highest BCUT2D eigenvalue weighted by Gasteiger charge is 2.34. The summed E-state index contributed by atoms with van der Waals surface area (Å²) in [5, 5.41) is 8.74. The fraction of sp³-hybridized carbons (Fsp3) is 0.345. The predicted octanol–water partition coefficient (Wildman–Crippen LogP) is 7.73. The van der Waals surface area contributed by atoms with E-state index in [0.29, 0.717) is 36.6 Å². The van der Waals surface area contributed by atoms with Gasteiger partial charge in [-0.1, -0.05) is 80.0 Å². The van der Waals surface area contributed by atoms with Crippen LogP contribution in [0.3, 0.4) is 0 Å². The first-order chi connectivity index (χ1) is 17.5. The summed E-state index contributed by atoms with van der Waals surface area (Å²) in [6.07, 6.45) is -4.61. The van der Waals surface area contributed by atoms with E-state index in [1.807, 2.05) is 37.3 Å². The molecule has 206 valence electrons. The van der Waals surface area contributed by atoms with Crippen molar-refractivity contribution in [1.82, 2.24) is 4.90 Å². The molecule has 0 spiro atoms. The maximum atomic E-state index is 13.4. The van der Waals surface area contributed by atoms with Crippen molar-refractivity contribution < 1.29 is 27.8 Å². The molecule has 0 aliphatic heterocycles. The molecule has 0 aliphatic rings. The smallest absolute Gasteiger partial charge is 0.417 e. The van der Waals surface area contributed by atoms with E-state index in [1.54, 1.807) is 30.3 Å². The fourth-order valence-corrected chi connectivity index (χ4v) is 4.58. The molecular formula is C29H32Cl2F3NO3. The summed E-state index contributed by atoms with van der Waals surface area (Å²) in [6, 6.07) is 20.9. The van der Waals surface area contributed by atoms with Gasteiger partial charge in [0, 0.05) is 25.6 Å². The molecule has 2 atom stereocenters.